The summed E-state index contributed by atoms with van der Waals surface area (Å²) in [7, 11) is 3.20. The van der Waals surface area contributed by atoms with Crippen LogP contribution in [-0.2, 0) is 11.2 Å². The number of carboxylic acid groups (broad SMARTS) is 1. The van der Waals surface area contributed by atoms with E-state index in [4.69, 9.17) is 14.6 Å². The lowest BCUT2D eigenvalue weighted by Gasteiger charge is -2.09. The highest BCUT2D eigenvalue weighted by molar-refractivity contribution is 5.79. The average Bonchev–Trinajstić information content (AvgIpc) is 2.34. The minimum atomic E-state index is -0.924. The van der Waals surface area contributed by atoms with Crippen molar-refractivity contribution in [2.45, 2.75) is 12.8 Å². The van der Waals surface area contributed by atoms with Gasteiger partial charge in [-0.25, -0.2) is 4.79 Å². The number of carbonyl (C=O) groups is 1. The van der Waals surface area contributed by atoms with Crippen molar-refractivity contribution in [1.29, 1.82) is 0 Å². The third kappa shape index (κ3) is 4.18. The Hall–Kier alpha value is -1.97. The Labute approximate surface area is 100 Å². The Morgan fingerprint density at radius 2 is 2.12 bits per heavy atom. The van der Waals surface area contributed by atoms with E-state index in [1.807, 2.05) is 18.2 Å². The van der Waals surface area contributed by atoms with Crippen molar-refractivity contribution >= 4 is 5.97 Å². The molecule has 0 atom stereocenters. The Morgan fingerprint density at radius 1 is 1.35 bits per heavy atom. The van der Waals surface area contributed by atoms with Crippen molar-refractivity contribution < 1.29 is 19.4 Å². The molecule has 0 fully saturated rings. The molecule has 1 aromatic carbocycles. The van der Waals surface area contributed by atoms with Crippen molar-refractivity contribution in [2.24, 2.45) is 0 Å². The summed E-state index contributed by atoms with van der Waals surface area (Å²) in [5.41, 5.74) is 1.03. The molecule has 0 unspecified atom stereocenters. The molecule has 0 saturated carbocycles. The Balaban J connectivity index is 2.67. The fraction of sp³-hybridized carbons (Fsp3) is 0.308. The highest BCUT2D eigenvalue weighted by Gasteiger charge is 2.03. The van der Waals surface area contributed by atoms with Gasteiger partial charge in [-0.05, 0) is 24.5 Å². The molecule has 0 radical (unpaired) electrons. The number of benzene rings is 1. The van der Waals surface area contributed by atoms with E-state index in [-0.39, 0.29) is 0 Å². The van der Waals surface area contributed by atoms with Gasteiger partial charge >= 0.3 is 5.97 Å². The molecule has 1 rings (SSSR count). The number of ether oxygens (including phenoxy) is 2. The first-order valence-corrected chi connectivity index (χ1v) is 5.27. The smallest absolute Gasteiger partial charge is 0.327 e. The number of rotatable bonds is 6. The van der Waals surface area contributed by atoms with Crippen LogP contribution in [0.4, 0.5) is 0 Å². The Kier molecular flexibility index (Phi) is 5.07. The lowest BCUT2D eigenvalue weighted by atomic mass is 10.1. The van der Waals surface area contributed by atoms with Crippen LogP contribution in [0.2, 0.25) is 0 Å². The van der Waals surface area contributed by atoms with Crippen molar-refractivity contribution in [1.82, 2.24) is 0 Å². The van der Waals surface area contributed by atoms with Crippen molar-refractivity contribution in [3.05, 3.63) is 35.9 Å². The summed E-state index contributed by atoms with van der Waals surface area (Å²) in [6.45, 7) is 0. The zero-order chi connectivity index (χ0) is 12.7. The third-order valence-electron chi connectivity index (χ3n) is 2.34. The van der Waals surface area contributed by atoms with E-state index in [1.54, 1.807) is 20.3 Å². The van der Waals surface area contributed by atoms with Gasteiger partial charge in [-0.2, -0.15) is 0 Å². The van der Waals surface area contributed by atoms with Crippen LogP contribution in [0.25, 0.3) is 0 Å². The minimum absolute atomic E-state index is 0.662. The molecule has 0 saturated heterocycles. The van der Waals surface area contributed by atoms with Gasteiger partial charge in [0.15, 0.2) is 0 Å². The monoisotopic (exact) mass is 236 g/mol. The van der Waals surface area contributed by atoms with Crippen LogP contribution in [-0.4, -0.2) is 25.3 Å². The van der Waals surface area contributed by atoms with Gasteiger partial charge in [-0.3, -0.25) is 0 Å². The Morgan fingerprint density at radius 3 is 2.71 bits per heavy atom. The maximum Gasteiger partial charge on any atom is 0.327 e. The zero-order valence-corrected chi connectivity index (χ0v) is 9.97. The predicted octanol–water partition coefficient (Wildman–Crippen LogP) is 2.28. The quantitative estimate of drug-likeness (QED) is 0.770. The predicted molar refractivity (Wildman–Crippen MR) is 64.6 cm³/mol. The van der Waals surface area contributed by atoms with E-state index in [1.165, 1.54) is 0 Å². The largest absolute Gasteiger partial charge is 0.497 e. The fourth-order valence-corrected chi connectivity index (χ4v) is 1.48. The second kappa shape index (κ2) is 6.58. The average molecular weight is 236 g/mol. The number of hydrogen-bond acceptors (Lipinski definition) is 3. The molecule has 92 valence electrons. The molecule has 0 aliphatic heterocycles. The SMILES string of the molecule is COc1ccc(CC/C=C/C(=O)O)c(OC)c1. The first-order chi connectivity index (χ1) is 8.17. The van der Waals surface area contributed by atoms with Crippen LogP contribution >= 0.6 is 0 Å². The molecule has 0 heterocycles. The van der Waals surface area contributed by atoms with Crippen LogP contribution in [0.3, 0.4) is 0 Å². The van der Waals surface area contributed by atoms with Crippen LogP contribution in [0.1, 0.15) is 12.0 Å². The zero-order valence-electron chi connectivity index (χ0n) is 9.97. The lowest BCUT2D eigenvalue weighted by molar-refractivity contribution is -0.131. The van der Waals surface area contributed by atoms with E-state index < -0.39 is 5.97 Å². The van der Waals surface area contributed by atoms with E-state index in [0.29, 0.717) is 6.42 Å². The van der Waals surface area contributed by atoms with Gasteiger partial charge in [-0.15, -0.1) is 0 Å². The number of aryl methyl sites for hydroxylation is 1. The van der Waals surface area contributed by atoms with Crippen LogP contribution in [0, 0.1) is 0 Å². The molecule has 4 nitrogen and oxygen atoms in total. The number of aliphatic carboxylic acids is 1. The van der Waals surface area contributed by atoms with Crippen molar-refractivity contribution in [2.75, 3.05) is 14.2 Å². The van der Waals surface area contributed by atoms with Gasteiger partial charge in [0.25, 0.3) is 0 Å². The molecule has 17 heavy (non-hydrogen) atoms. The van der Waals surface area contributed by atoms with Gasteiger partial charge in [0, 0.05) is 12.1 Å². The van der Waals surface area contributed by atoms with E-state index in [0.717, 1.165) is 29.6 Å². The molecule has 1 aromatic rings. The summed E-state index contributed by atoms with van der Waals surface area (Å²) < 4.78 is 10.3. The molecule has 0 aromatic heterocycles. The van der Waals surface area contributed by atoms with Gasteiger partial charge in [0.1, 0.15) is 11.5 Å². The Bertz CT molecular complexity index is 410. The van der Waals surface area contributed by atoms with Gasteiger partial charge < -0.3 is 14.6 Å². The first kappa shape index (κ1) is 13.1. The highest BCUT2D eigenvalue weighted by atomic mass is 16.5. The lowest BCUT2D eigenvalue weighted by Crippen LogP contribution is -1.94. The maximum absolute atomic E-state index is 10.3. The van der Waals surface area contributed by atoms with Gasteiger partial charge in [-0.1, -0.05) is 12.1 Å². The van der Waals surface area contributed by atoms with E-state index >= 15 is 0 Å². The molecule has 4 heteroatoms. The number of methoxy groups -OCH3 is 2. The molecule has 0 aliphatic carbocycles. The summed E-state index contributed by atoms with van der Waals surface area (Å²) in [6.07, 6.45) is 4.17. The molecular weight excluding hydrogens is 220 g/mol. The second-order valence-electron chi connectivity index (χ2n) is 3.46. The fourth-order valence-electron chi connectivity index (χ4n) is 1.48. The molecule has 0 aliphatic rings. The van der Waals surface area contributed by atoms with Crippen LogP contribution in [0.15, 0.2) is 30.4 Å². The summed E-state index contributed by atoms with van der Waals surface area (Å²) >= 11 is 0. The summed E-state index contributed by atoms with van der Waals surface area (Å²) in [5.74, 6) is 0.575. The topological polar surface area (TPSA) is 55.8 Å². The van der Waals surface area contributed by atoms with E-state index in [9.17, 15) is 4.79 Å². The van der Waals surface area contributed by atoms with Crippen LogP contribution < -0.4 is 9.47 Å². The maximum atomic E-state index is 10.3. The van der Waals surface area contributed by atoms with Crippen molar-refractivity contribution in [3.8, 4) is 11.5 Å². The normalized spacial score (nSPS) is 10.5. The minimum Gasteiger partial charge on any atom is -0.497 e. The second-order valence-corrected chi connectivity index (χ2v) is 3.46. The standard InChI is InChI=1S/C13H16O4/c1-16-11-8-7-10(12(9-11)17-2)5-3-4-6-13(14)15/h4,6-9H,3,5H2,1-2H3,(H,14,15)/b6-4+. The molecule has 1 N–H and O–H groups in total. The van der Waals surface area contributed by atoms with Crippen molar-refractivity contribution in [3.63, 3.8) is 0 Å². The van der Waals surface area contributed by atoms with Crippen LogP contribution in [0.5, 0.6) is 11.5 Å². The summed E-state index contributed by atoms with van der Waals surface area (Å²) in [6, 6.07) is 5.60. The molecule has 0 spiro atoms. The number of allylic oxidation sites excluding steroid dienone is 1. The number of carboxylic acids is 1. The summed E-state index contributed by atoms with van der Waals surface area (Å²) in [4.78, 5) is 10.3. The number of hydrogen-bond donors (Lipinski definition) is 1. The summed E-state index contributed by atoms with van der Waals surface area (Å²) in [5, 5.41) is 8.45. The highest BCUT2D eigenvalue weighted by Crippen LogP contribution is 2.25. The van der Waals surface area contributed by atoms with Gasteiger partial charge in [0.2, 0.25) is 0 Å². The van der Waals surface area contributed by atoms with Gasteiger partial charge in [0.05, 0.1) is 14.2 Å². The molecule has 0 amide bonds. The first-order valence-electron chi connectivity index (χ1n) is 5.27. The third-order valence-corrected chi connectivity index (χ3v) is 2.34. The molecule has 0 bridgehead atoms. The van der Waals surface area contributed by atoms with E-state index in [2.05, 4.69) is 0 Å². The molecular formula is C13H16O4.